The Hall–Kier alpha value is -4.29. The maximum atomic E-state index is 9.32. The third kappa shape index (κ3) is 7.99. The Morgan fingerprint density at radius 1 is 0.915 bits per heavy atom. The molecule has 6 rings (SSSR count). The summed E-state index contributed by atoms with van der Waals surface area (Å²) in [6.45, 7) is 4.44. The molecule has 0 radical (unpaired) electrons. The Kier molecular flexibility index (Phi) is 10.5. The van der Waals surface area contributed by atoms with Gasteiger partial charge in [-0.2, -0.15) is 5.26 Å². The fraction of sp³-hybridized carbons (Fsp3) is 0.368. The summed E-state index contributed by atoms with van der Waals surface area (Å²) in [7, 11) is 4.32. The third-order valence-corrected chi connectivity index (χ3v) is 9.42. The maximum absolute atomic E-state index is 9.32. The average Bonchev–Trinajstić information content (AvgIpc) is 3.10. The van der Waals surface area contributed by atoms with Crippen LogP contribution in [0.25, 0.3) is 11.1 Å². The van der Waals surface area contributed by atoms with Crippen LogP contribution in [0.5, 0.6) is 23.0 Å². The van der Waals surface area contributed by atoms with E-state index in [1.54, 1.807) is 18.5 Å². The molecule has 0 bridgehead atoms. The van der Waals surface area contributed by atoms with Gasteiger partial charge in [-0.15, -0.1) is 0 Å². The van der Waals surface area contributed by atoms with Crippen molar-refractivity contribution in [2.75, 3.05) is 27.3 Å². The predicted molar refractivity (Wildman–Crippen MR) is 183 cm³/mol. The fourth-order valence-electron chi connectivity index (χ4n) is 6.32. The Labute approximate surface area is 282 Å². The van der Waals surface area contributed by atoms with Crippen molar-refractivity contribution in [1.29, 1.82) is 5.26 Å². The molecule has 1 aliphatic carbocycles. The Morgan fingerprint density at radius 2 is 1.70 bits per heavy atom. The highest BCUT2D eigenvalue weighted by molar-refractivity contribution is 6.32. The third-order valence-electron chi connectivity index (χ3n) is 9.12. The number of fused-ring (bicyclic) bond motifs is 1. The van der Waals surface area contributed by atoms with Gasteiger partial charge in [0.2, 0.25) is 0 Å². The van der Waals surface area contributed by atoms with Crippen LogP contribution in [-0.4, -0.2) is 49.3 Å². The zero-order valence-corrected chi connectivity index (χ0v) is 28.0. The van der Waals surface area contributed by atoms with E-state index in [4.69, 9.17) is 30.5 Å². The summed E-state index contributed by atoms with van der Waals surface area (Å²) in [5.41, 5.74) is 6.60. The average molecular weight is 653 g/mol. The molecule has 2 aliphatic rings. The van der Waals surface area contributed by atoms with Crippen LogP contribution < -0.4 is 24.3 Å². The van der Waals surface area contributed by atoms with E-state index < -0.39 is 0 Å². The first-order valence-electron chi connectivity index (χ1n) is 16.2. The molecule has 0 unspecified atom stereocenters. The van der Waals surface area contributed by atoms with E-state index in [1.165, 1.54) is 12.8 Å². The maximum Gasteiger partial charge on any atom is 0.161 e. The van der Waals surface area contributed by atoms with Crippen LogP contribution in [0.1, 0.15) is 53.5 Å². The van der Waals surface area contributed by atoms with Crippen molar-refractivity contribution in [3.8, 4) is 40.2 Å². The molecule has 9 heteroatoms. The van der Waals surface area contributed by atoms with Crippen molar-refractivity contribution in [2.24, 2.45) is 0 Å². The minimum absolute atomic E-state index is 0.265. The van der Waals surface area contributed by atoms with E-state index in [0.717, 1.165) is 57.7 Å². The van der Waals surface area contributed by atoms with Gasteiger partial charge in [0, 0.05) is 48.2 Å². The quantitative estimate of drug-likeness (QED) is 0.179. The van der Waals surface area contributed by atoms with Gasteiger partial charge in [0.05, 0.1) is 10.6 Å². The molecule has 1 saturated carbocycles. The molecule has 4 aromatic rings. The number of halogens is 1. The lowest BCUT2D eigenvalue weighted by Gasteiger charge is -2.33. The van der Waals surface area contributed by atoms with Crippen molar-refractivity contribution < 1.29 is 18.9 Å². The lowest BCUT2D eigenvalue weighted by atomic mass is 9.90. The zero-order valence-electron chi connectivity index (χ0n) is 27.2. The molecule has 3 aromatic carbocycles. The van der Waals surface area contributed by atoms with Gasteiger partial charge < -0.3 is 29.2 Å². The molecule has 1 aliphatic heterocycles. The first kappa shape index (κ1) is 32.6. The van der Waals surface area contributed by atoms with Crippen LogP contribution in [0.15, 0.2) is 67.0 Å². The molecular formula is C38H41ClN4O4. The first-order valence-corrected chi connectivity index (χ1v) is 16.6. The topological polar surface area (TPSA) is 88.9 Å². The lowest BCUT2D eigenvalue weighted by Crippen LogP contribution is -2.39. The Bertz CT molecular complexity index is 1750. The summed E-state index contributed by atoms with van der Waals surface area (Å²) in [4.78, 5) is 6.51. The molecule has 8 nitrogen and oxygen atoms in total. The monoisotopic (exact) mass is 652 g/mol. The number of hydrogen-bond donors (Lipinski definition) is 1. The largest absolute Gasteiger partial charge is 0.488 e. The number of ether oxygens (including phenoxy) is 4. The summed E-state index contributed by atoms with van der Waals surface area (Å²) >= 11 is 6.85. The summed E-state index contributed by atoms with van der Waals surface area (Å²) in [6.07, 6.45) is 7.88. The smallest absolute Gasteiger partial charge is 0.161 e. The van der Waals surface area contributed by atoms with Gasteiger partial charge in [-0.05, 0) is 93.2 Å². The van der Waals surface area contributed by atoms with Gasteiger partial charge in [0.15, 0.2) is 11.5 Å². The molecular weight excluding hydrogens is 612 g/mol. The van der Waals surface area contributed by atoms with Crippen LogP contribution in [-0.2, 0) is 19.8 Å². The minimum Gasteiger partial charge on any atom is -0.488 e. The number of rotatable bonds is 11. The second-order valence-electron chi connectivity index (χ2n) is 12.5. The second kappa shape index (κ2) is 15.1. The number of nitrogens with zero attached hydrogens (tertiary/aromatic N) is 3. The van der Waals surface area contributed by atoms with Crippen LogP contribution in [0.3, 0.4) is 0 Å². The molecule has 0 amide bonds. The van der Waals surface area contributed by atoms with Gasteiger partial charge >= 0.3 is 0 Å². The van der Waals surface area contributed by atoms with Gasteiger partial charge in [-0.25, -0.2) is 0 Å². The molecule has 2 heterocycles. The van der Waals surface area contributed by atoms with E-state index in [2.05, 4.69) is 60.5 Å². The fourth-order valence-corrected chi connectivity index (χ4v) is 6.56. The second-order valence-corrected chi connectivity index (χ2v) is 12.9. The first-order chi connectivity index (χ1) is 22.9. The Balaban J connectivity index is 1.19. The van der Waals surface area contributed by atoms with E-state index in [-0.39, 0.29) is 6.61 Å². The van der Waals surface area contributed by atoms with Crippen LogP contribution in [0.2, 0.25) is 5.02 Å². The standard InChI is InChI=1S/C38H41ClN4O4/c1-25-29(5-4-6-33(25)28-7-12-35-38(17-28)45-14-13-44-35)24-47-37-18-36(46-23-27-15-26(19-40)20-41-21-27)30(16-34(37)39)22-42-31-8-10-32(11-9-31)43(2)3/h4-7,12,15-18,20-21,31-32,42H,8-11,13-14,22-24H2,1-3H3. The van der Waals surface area contributed by atoms with Gasteiger partial charge in [-0.1, -0.05) is 35.9 Å². The summed E-state index contributed by atoms with van der Waals surface area (Å²) in [5.74, 6) is 2.77. The predicted octanol–water partition coefficient (Wildman–Crippen LogP) is 7.47. The lowest BCUT2D eigenvalue weighted by molar-refractivity contribution is 0.171. The normalized spacial score (nSPS) is 17.3. The van der Waals surface area contributed by atoms with Crippen LogP contribution in [0, 0.1) is 18.3 Å². The van der Waals surface area contributed by atoms with Crippen molar-refractivity contribution in [1.82, 2.24) is 15.2 Å². The molecule has 1 N–H and O–H groups in total. The summed E-state index contributed by atoms with van der Waals surface area (Å²) < 4.78 is 24.2. The SMILES string of the molecule is Cc1c(COc2cc(OCc3cncc(C#N)c3)c(CNC3CCC(N(C)C)CC3)cc2Cl)cccc1-c1ccc2c(c1)OCCO2. The number of pyridine rings is 1. The summed E-state index contributed by atoms with van der Waals surface area (Å²) in [5, 5.41) is 13.6. The van der Waals surface area contributed by atoms with Gasteiger partial charge in [0.1, 0.15) is 44.0 Å². The highest BCUT2D eigenvalue weighted by Crippen LogP contribution is 2.38. The zero-order chi connectivity index (χ0) is 32.8. The van der Waals surface area contributed by atoms with E-state index in [1.807, 2.05) is 30.3 Å². The van der Waals surface area contributed by atoms with Crippen molar-refractivity contribution in [3.05, 3.63) is 99.8 Å². The minimum atomic E-state index is 0.265. The number of nitrogens with one attached hydrogen (secondary N) is 1. The number of benzene rings is 3. The number of aromatic nitrogens is 1. The van der Waals surface area contributed by atoms with Crippen LogP contribution in [0.4, 0.5) is 0 Å². The van der Waals surface area contributed by atoms with E-state index >= 15 is 0 Å². The van der Waals surface area contributed by atoms with Crippen molar-refractivity contribution in [2.45, 2.75) is 64.4 Å². The van der Waals surface area contributed by atoms with E-state index in [0.29, 0.717) is 60.5 Å². The molecule has 47 heavy (non-hydrogen) atoms. The Morgan fingerprint density at radius 3 is 2.49 bits per heavy atom. The number of hydrogen-bond acceptors (Lipinski definition) is 8. The van der Waals surface area contributed by atoms with Crippen molar-refractivity contribution in [3.63, 3.8) is 0 Å². The van der Waals surface area contributed by atoms with Gasteiger partial charge in [0.25, 0.3) is 0 Å². The molecule has 1 fully saturated rings. The molecule has 0 spiro atoms. The molecule has 244 valence electrons. The van der Waals surface area contributed by atoms with Crippen molar-refractivity contribution >= 4 is 11.6 Å². The van der Waals surface area contributed by atoms with Gasteiger partial charge in [-0.3, -0.25) is 4.98 Å². The van der Waals surface area contributed by atoms with Crippen LogP contribution >= 0.6 is 11.6 Å². The number of nitriles is 1. The molecule has 0 atom stereocenters. The highest BCUT2D eigenvalue weighted by atomic mass is 35.5. The highest BCUT2D eigenvalue weighted by Gasteiger charge is 2.23. The summed E-state index contributed by atoms with van der Waals surface area (Å²) in [6, 6.07) is 21.1. The molecule has 0 saturated heterocycles. The van der Waals surface area contributed by atoms with E-state index in [9.17, 15) is 5.26 Å². The molecule has 1 aromatic heterocycles.